The minimum atomic E-state index is -4.66. The molecular formula is C11H14F3NO3. The Kier molecular flexibility index (Phi) is 3.73. The van der Waals surface area contributed by atoms with Gasteiger partial charge in [-0.25, -0.2) is 0 Å². The number of aliphatic carboxylic acids is 1. The molecule has 1 rings (SSSR count). The van der Waals surface area contributed by atoms with E-state index in [0.717, 1.165) is 0 Å². The molecule has 0 spiro atoms. The van der Waals surface area contributed by atoms with Crippen LogP contribution in [0.5, 0.6) is 0 Å². The summed E-state index contributed by atoms with van der Waals surface area (Å²) in [6.45, 7) is 5.28. The lowest BCUT2D eigenvalue weighted by Gasteiger charge is -2.15. The number of carboxylic acids is 1. The van der Waals surface area contributed by atoms with Crippen LogP contribution in [-0.4, -0.2) is 22.4 Å². The molecule has 102 valence electrons. The van der Waals surface area contributed by atoms with Crippen molar-refractivity contribution < 1.29 is 27.6 Å². The molecule has 0 amide bonds. The molecule has 0 aliphatic heterocycles. The lowest BCUT2D eigenvalue weighted by molar-refractivity contribution is -0.164. The van der Waals surface area contributed by atoms with E-state index in [0.29, 0.717) is 0 Å². The van der Waals surface area contributed by atoms with Crippen molar-refractivity contribution in [1.82, 2.24) is 5.16 Å². The van der Waals surface area contributed by atoms with Gasteiger partial charge in [0.1, 0.15) is 11.7 Å². The first-order valence-electron chi connectivity index (χ1n) is 5.27. The number of rotatable bonds is 3. The van der Waals surface area contributed by atoms with Gasteiger partial charge >= 0.3 is 12.1 Å². The van der Waals surface area contributed by atoms with Crippen molar-refractivity contribution in [2.45, 2.75) is 44.7 Å². The van der Waals surface area contributed by atoms with Crippen molar-refractivity contribution in [3.8, 4) is 0 Å². The van der Waals surface area contributed by atoms with Gasteiger partial charge in [-0.1, -0.05) is 25.9 Å². The molecule has 1 N–H and O–H groups in total. The van der Waals surface area contributed by atoms with Gasteiger partial charge in [-0.15, -0.1) is 0 Å². The van der Waals surface area contributed by atoms with Crippen LogP contribution >= 0.6 is 0 Å². The monoisotopic (exact) mass is 265 g/mol. The summed E-state index contributed by atoms with van der Waals surface area (Å²) in [6.07, 6.45) is -5.72. The summed E-state index contributed by atoms with van der Waals surface area (Å²) >= 11 is 0. The summed E-state index contributed by atoms with van der Waals surface area (Å²) in [4.78, 5) is 10.5. The Balaban J connectivity index is 3.07. The Bertz CT molecular complexity index is 431. The SMILES string of the molecule is CC(C)(C)c1cc(C(CC(=O)O)C(F)(F)F)no1. The summed E-state index contributed by atoms with van der Waals surface area (Å²) in [5, 5.41) is 11.9. The lowest BCUT2D eigenvalue weighted by atomic mass is 9.91. The fourth-order valence-electron chi connectivity index (χ4n) is 1.37. The second kappa shape index (κ2) is 4.62. The third kappa shape index (κ3) is 3.48. The molecule has 0 radical (unpaired) electrons. The zero-order valence-corrected chi connectivity index (χ0v) is 10.2. The molecule has 1 aromatic heterocycles. The predicted molar refractivity (Wildman–Crippen MR) is 56.3 cm³/mol. The molecule has 7 heteroatoms. The quantitative estimate of drug-likeness (QED) is 0.912. The Morgan fingerprint density at radius 3 is 2.33 bits per heavy atom. The molecular weight excluding hydrogens is 251 g/mol. The summed E-state index contributed by atoms with van der Waals surface area (Å²) in [5.74, 6) is -3.38. The maximum absolute atomic E-state index is 12.7. The van der Waals surface area contributed by atoms with Gasteiger partial charge < -0.3 is 9.63 Å². The normalized spacial score (nSPS) is 14.6. The van der Waals surface area contributed by atoms with Gasteiger partial charge in [-0.05, 0) is 0 Å². The van der Waals surface area contributed by atoms with E-state index >= 15 is 0 Å². The van der Waals surface area contributed by atoms with Gasteiger partial charge in [0.25, 0.3) is 0 Å². The van der Waals surface area contributed by atoms with Crippen molar-refractivity contribution in [3.63, 3.8) is 0 Å². The van der Waals surface area contributed by atoms with Gasteiger partial charge in [0.05, 0.1) is 12.1 Å². The fourth-order valence-corrected chi connectivity index (χ4v) is 1.37. The standard InChI is InChI=1S/C11H14F3NO3/c1-10(2,3)8-5-7(15-18-8)6(4-9(16)17)11(12,13)14/h5-6H,4H2,1-3H3,(H,16,17). The maximum atomic E-state index is 12.7. The molecule has 0 saturated carbocycles. The number of halogens is 3. The minimum absolute atomic E-state index is 0.289. The zero-order valence-electron chi connectivity index (χ0n) is 10.2. The van der Waals surface area contributed by atoms with Crippen molar-refractivity contribution in [2.75, 3.05) is 0 Å². The second-order valence-corrected chi connectivity index (χ2v) is 5.06. The lowest BCUT2D eigenvalue weighted by Crippen LogP contribution is -2.24. The molecule has 0 saturated heterocycles. The van der Waals surface area contributed by atoms with Gasteiger partial charge in [-0.2, -0.15) is 13.2 Å². The highest BCUT2D eigenvalue weighted by molar-refractivity contribution is 5.68. The van der Waals surface area contributed by atoms with E-state index in [9.17, 15) is 18.0 Å². The van der Waals surface area contributed by atoms with Crippen LogP contribution in [0.2, 0.25) is 0 Å². The van der Waals surface area contributed by atoms with Gasteiger partial charge in [0.15, 0.2) is 0 Å². The van der Waals surface area contributed by atoms with Crippen molar-refractivity contribution >= 4 is 5.97 Å². The molecule has 4 nitrogen and oxygen atoms in total. The van der Waals surface area contributed by atoms with E-state index in [1.54, 1.807) is 20.8 Å². The van der Waals surface area contributed by atoms with E-state index < -0.39 is 35.6 Å². The smallest absolute Gasteiger partial charge is 0.397 e. The Morgan fingerprint density at radius 2 is 2.00 bits per heavy atom. The van der Waals surface area contributed by atoms with Crippen LogP contribution in [0, 0.1) is 0 Å². The largest absolute Gasteiger partial charge is 0.481 e. The fraction of sp³-hybridized carbons (Fsp3) is 0.636. The summed E-state index contributed by atoms with van der Waals surface area (Å²) in [6, 6.07) is 1.17. The van der Waals surface area contributed by atoms with Crippen LogP contribution in [0.3, 0.4) is 0 Å². The number of alkyl halides is 3. The topological polar surface area (TPSA) is 63.3 Å². The van der Waals surface area contributed by atoms with E-state index in [4.69, 9.17) is 9.63 Å². The first-order chi connectivity index (χ1) is 8.01. The maximum Gasteiger partial charge on any atom is 0.397 e. The van der Waals surface area contributed by atoms with Crippen LogP contribution in [0.4, 0.5) is 13.2 Å². The summed E-state index contributed by atoms with van der Waals surface area (Å²) in [7, 11) is 0. The van der Waals surface area contributed by atoms with Gasteiger partial charge in [0.2, 0.25) is 0 Å². The Hall–Kier alpha value is -1.53. The second-order valence-electron chi connectivity index (χ2n) is 5.06. The average Bonchev–Trinajstić information content (AvgIpc) is 2.59. The van der Waals surface area contributed by atoms with Crippen LogP contribution in [0.1, 0.15) is 44.6 Å². The van der Waals surface area contributed by atoms with Crippen molar-refractivity contribution in [2.24, 2.45) is 0 Å². The molecule has 1 unspecified atom stereocenters. The van der Waals surface area contributed by atoms with Crippen molar-refractivity contribution in [3.05, 3.63) is 17.5 Å². The molecule has 0 fully saturated rings. The number of carbonyl (C=O) groups is 1. The number of nitrogens with zero attached hydrogens (tertiary/aromatic N) is 1. The van der Waals surface area contributed by atoms with Crippen molar-refractivity contribution in [1.29, 1.82) is 0 Å². The molecule has 1 aromatic rings. The number of hydrogen-bond donors (Lipinski definition) is 1. The van der Waals surface area contributed by atoms with Crippen LogP contribution in [0.15, 0.2) is 10.6 Å². The first-order valence-corrected chi connectivity index (χ1v) is 5.27. The Labute approximate surface area is 102 Å². The molecule has 18 heavy (non-hydrogen) atoms. The number of carboxylic acid groups (broad SMARTS) is 1. The van der Waals surface area contributed by atoms with E-state index in [-0.39, 0.29) is 5.76 Å². The highest BCUT2D eigenvalue weighted by atomic mass is 19.4. The van der Waals surface area contributed by atoms with E-state index in [2.05, 4.69) is 5.16 Å². The van der Waals surface area contributed by atoms with E-state index in [1.165, 1.54) is 6.07 Å². The highest BCUT2D eigenvalue weighted by Gasteiger charge is 2.44. The molecule has 1 atom stereocenters. The Morgan fingerprint density at radius 1 is 1.44 bits per heavy atom. The highest BCUT2D eigenvalue weighted by Crippen LogP contribution is 2.38. The molecule has 0 bridgehead atoms. The minimum Gasteiger partial charge on any atom is -0.481 e. The van der Waals surface area contributed by atoms with E-state index in [1.807, 2.05) is 0 Å². The number of hydrogen-bond acceptors (Lipinski definition) is 3. The molecule has 0 aromatic carbocycles. The summed E-state index contributed by atoms with van der Waals surface area (Å²) in [5.41, 5.74) is -0.875. The molecule has 0 aliphatic rings. The van der Waals surface area contributed by atoms with Crippen LogP contribution in [-0.2, 0) is 10.2 Å². The van der Waals surface area contributed by atoms with Crippen LogP contribution in [0.25, 0.3) is 0 Å². The molecule has 1 heterocycles. The van der Waals surface area contributed by atoms with Crippen LogP contribution < -0.4 is 0 Å². The van der Waals surface area contributed by atoms with Gasteiger partial charge in [-0.3, -0.25) is 4.79 Å². The number of aromatic nitrogens is 1. The third-order valence-electron chi connectivity index (χ3n) is 2.40. The van der Waals surface area contributed by atoms with Gasteiger partial charge in [0, 0.05) is 11.5 Å². The zero-order chi connectivity index (χ0) is 14.1. The first kappa shape index (κ1) is 14.5. The summed E-state index contributed by atoms with van der Waals surface area (Å²) < 4.78 is 43.0. The third-order valence-corrected chi connectivity index (χ3v) is 2.40. The average molecular weight is 265 g/mol. The molecule has 0 aliphatic carbocycles. The predicted octanol–water partition coefficient (Wildman–Crippen LogP) is 3.09.